The standard InChI is InChI=1S/C7H12NO2.Y/c1-6-4-7(2,5-9-3)10-8-6;/h3-5H2,1-2H3;/q-1;. The average Bonchev–Trinajstić information content (AvgIpc) is 2.12. The zero-order valence-corrected chi connectivity index (χ0v) is 9.80. The zero-order valence-electron chi connectivity index (χ0n) is 6.96. The van der Waals surface area contributed by atoms with Crippen LogP contribution in [0.2, 0.25) is 0 Å². The summed E-state index contributed by atoms with van der Waals surface area (Å²) in [6.45, 7) is 4.39. The van der Waals surface area contributed by atoms with Crippen molar-refractivity contribution in [3.63, 3.8) is 0 Å². The first kappa shape index (κ1) is 11.5. The van der Waals surface area contributed by atoms with Crippen molar-refractivity contribution in [2.75, 3.05) is 6.61 Å². The van der Waals surface area contributed by atoms with Gasteiger partial charge in [0.1, 0.15) is 0 Å². The molecule has 1 aliphatic heterocycles. The van der Waals surface area contributed by atoms with Gasteiger partial charge < -0.3 is 9.57 Å². The van der Waals surface area contributed by atoms with Gasteiger partial charge in [0.05, 0.1) is 12.3 Å². The Hall–Kier alpha value is 0.534. The Morgan fingerprint density at radius 1 is 1.82 bits per heavy atom. The quantitative estimate of drug-likeness (QED) is 0.671. The monoisotopic (exact) mass is 231 g/mol. The Morgan fingerprint density at radius 2 is 2.45 bits per heavy atom. The normalized spacial score (nSPS) is 28.8. The molecule has 3 nitrogen and oxygen atoms in total. The van der Waals surface area contributed by atoms with Gasteiger partial charge in [-0.2, -0.15) is 0 Å². The average molecular weight is 231 g/mol. The largest absolute Gasteiger partial charge is 0.552 e. The van der Waals surface area contributed by atoms with Gasteiger partial charge >= 0.3 is 0 Å². The second-order valence-corrected chi connectivity index (χ2v) is 2.89. The molecule has 0 fully saturated rings. The molecule has 4 heteroatoms. The molecule has 1 radical (unpaired) electrons. The molecule has 11 heavy (non-hydrogen) atoms. The number of oxime groups is 1. The topological polar surface area (TPSA) is 30.8 Å². The van der Waals surface area contributed by atoms with E-state index in [0.29, 0.717) is 6.61 Å². The summed E-state index contributed by atoms with van der Waals surface area (Å²) in [6, 6.07) is 0. The SMILES string of the molecule is [CH2-]OCC1(C)CC(C)=NO1.[Y]. The third-order valence-corrected chi connectivity index (χ3v) is 1.46. The fourth-order valence-corrected chi connectivity index (χ4v) is 1.09. The van der Waals surface area contributed by atoms with E-state index in [1.807, 2.05) is 13.8 Å². The molecule has 1 aliphatic rings. The van der Waals surface area contributed by atoms with Gasteiger partial charge in [-0.25, -0.2) is 7.11 Å². The summed E-state index contributed by atoms with van der Waals surface area (Å²) in [5, 5.41) is 3.82. The van der Waals surface area contributed by atoms with Crippen LogP contribution in [0.1, 0.15) is 20.3 Å². The van der Waals surface area contributed by atoms with Crippen LogP contribution in [-0.4, -0.2) is 17.9 Å². The second-order valence-electron chi connectivity index (χ2n) is 2.89. The summed E-state index contributed by atoms with van der Waals surface area (Å²) >= 11 is 0. The molecule has 0 bridgehead atoms. The number of nitrogens with zero attached hydrogens (tertiary/aromatic N) is 1. The molecular formula is C7H12NO2Y-. The summed E-state index contributed by atoms with van der Waals surface area (Å²) in [7, 11) is 3.29. The van der Waals surface area contributed by atoms with Gasteiger partial charge in [0, 0.05) is 39.1 Å². The van der Waals surface area contributed by atoms with E-state index >= 15 is 0 Å². The summed E-state index contributed by atoms with van der Waals surface area (Å²) in [6.07, 6.45) is 0.836. The molecule has 1 atom stereocenters. The summed E-state index contributed by atoms with van der Waals surface area (Å²) in [5.74, 6) is 0. The van der Waals surface area contributed by atoms with Crippen molar-refractivity contribution < 1.29 is 42.3 Å². The van der Waals surface area contributed by atoms with E-state index in [-0.39, 0.29) is 38.3 Å². The fraction of sp³-hybridized carbons (Fsp3) is 0.714. The van der Waals surface area contributed by atoms with E-state index < -0.39 is 0 Å². The van der Waals surface area contributed by atoms with Crippen LogP contribution in [0, 0.1) is 7.11 Å². The first-order valence-corrected chi connectivity index (χ1v) is 3.25. The fourth-order valence-electron chi connectivity index (χ4n) is 1.09. The van der Waals surface area contributed by atoms with Crippen LogP contribution in [-0.2, 0) is 42.3 Å². The minimum atomic E-state index is -0.272. The van der Waals surface area contributed by atoms with E-state index in [4.69, 9.17) is 9.57 Å². The summed E-state index contributed by atoms with van der Waals surface area (Å²) in [4.78, 5) is 5.12. The number of rotatable bonds is 2. The molecule has 1 heterocycles. The minimum Gasteiger partial charge on any atom is -0.552 e. The summed E-state index contributed by atoms with van der Waals surface area (Å²) < 4.78 is 4.73. The van der Waals surface area contributed by atoms with Crippen LogP contribution < -0.4 is 0 Å². The molecule has 61 valence electrons. The number of ether oxygens (including phenoxy) is 1. The smallest absolute Gasteiger partial charge is 0.160 e. The molecule has 0 saturated heterocycles. The number of hydrogen-bond acceptors (Lipinski definition) is 3. The molecular weight excluding hydrogens is 219 g/mol. The van der Waals surface area contributed by atoms with Crippen LogP contribution in [0.3, 0.4) is 0 Å². The molecule has 0 saturated carbocycles. The predicted molar refractivity (Wildman–Crippen MR) is 38.5 cm³/mol. The van der Waals surface area contributed by atoms with Crippen molar-refractivity contribution in [2.24, 2.45) is 5.16 Å². The van der Waals surface area contributed by atoms with Crippen LogP contribution in [0.15, 0.2) is 5.16 Å². The van der Waals surface area contributed by atoms with Crippen LogP contribution in [0.4, 0.5) is 0 Å². The summed E-state index contributed by atoms with van der Waals surface area (Å²) in [5.41, 5.74) is 0.741. The molecule has 0 N–H and O–H groups in total. The predicted octanol–water partition coefficient (Wildman–Crippen LogP) is 1.35. The van der Waals surface area contributed by atoms with Crippen molar-refractivity contribution in [3.05, 3.63) is 7.11 Å². The van der Waals surface area contributed by atoms with E-state index in [1.54, 1.807) is 0 Å². The van der Waals surface area contributed by atoms with Crippen molar-refractivity contribution in [1.29, 1.82) is 0 Å². The van der Waals surface area contributed by atoms with Crippen molar-refractivity contribution >= 4 is 5.71 Å². The van der Waals surface area contributed by atoms with Gasteiger partial charge in [-0.05, 0) is 13.8 Å². The molecule has 0 spiro atoms. The van der Waals surface area contributed by atoms with Crippen LogP contribution in [0.25, 0.3) is 0 Å². The van der Waals surface area contributed by atoms with Crippen molar-refractivity contribution in [1.82, 2.24) is 0 Å². The maximum atomic E-state index is 5.12. The molecule has 0 amide bonds. The van der Waals surface area contributed by atoms with Gasteiger partial charge in [0.2, 0.25) is 0 Å². The molecule has 1 unspecified atom stereocenters. The van der Waals surface area contributed by atoms with Crippen LogP contribution >= 0.6 is 0 Å². The molecule has 0 aromatic carbocycles. The Labute approximate surface area is 92.4 Å². The first-order valence-electron chi connectivity index (χ1n) is 3.25. The Kier molecular flexibility index (Phi) is 4.75. The maximum absolute atomic E-state index is 5.12. The van der Waals surface area contributed by atoms with Crippen molar-refractivity contribution in [2.45, 2.75) is 25.9 Å². The Morgan fingerprint density at radius 3 is 2.82 bits per heavy atom. The molecule has 0 aromatic rings. The second kappa shape index (κ2) is 4.53. The van der Waals surface area contributed by atoms with Gasteiger partial charge in [-0.15, -0.1) is 0 Å². The molecule has 0 aromatic heterocycles. The minimum absolute atomic E-state index is 0. The van der Waals surface area contributed by atoms with E-state index in [0.717, 1.165) is 12.1 Å². The third kappa shape index (κ3) is 3.18. The Balaban J connectivity index is 0.000001000. The zero-order chi connectivity index (χ0) is 7.61. The molecule has 0 aliphatic carbocycles. The maximum Gasteiger partial charge on any atom is 0.160 e. The number of hydrogen-bond donors (Lipinski definition) is 0. The van der Waals surface area contributed by atoms with Gasteiger partial charge in [0.25, 0.3) is 0 Å². The van der Waals surface area contributed by atoms with E-state index in [9.17, 15) is 0 Å². The van der Waals surface area contributed by atoms with Gasteiger partial charge in [-0.1, -0.05) is 5.16 Å². The van der Waals surface area contributed by atoms with Gasteiger partial charge in [0.15, 0.2) is 5.60 Å². The van der Waals surface area contributed by atoms with E-state index in [2.05, 4.69) is 12.3 Å². The third-order valence-electron chi connectivity index (χ3n) is 1.46. The van der Waals surface area contributed by atoms with Crippen LogP contribution in [0.5, 0.6) is 0 Å². The van der Waals surface area contributed by atoms with E-state index in [1.165, 1.54) is 0 Å². The molecule has 1 rings (SSSR count). The van der Waals surface area contributed by atoms with Crippen molar-refractivity contribution in [3.8, 4) is 0 Å². The van der Waals surface area contributed by atoms with Gasteiger partial charge in [-0.3, -0.25) is 0 Å². The Bertz CT molecular complexity index is 161. The first-order chi connectivity index (χ1) is 4.66.